The number of allylic oxidation sites excluding steroid dienone is 1. The van der Waals surface area contributed by atoms with Gasteiger partial charge in [0, 0.05) is 62.9 Å². The Bertz CT molecular complexity index is 1340. The van der Waals surface area contributed by atoms with Crippen LogP contribution in [0.5, 0.6) is 0 Å². The van der Waals surface area contributed by atoms with Crippen LogP contribution >= 0.6 is 0 Å². The van der Waals surface area contributed by atoms with Crippen LogP contribution in [0.25, 0.3) is 0 Å². The molecule has 2 unspecified atom stereocenters. The van der Waals surface area contributed by atoms with Gasteiger partial charge >= 0.3 is 6.18 Å². The molecule has 5 rings (SSSR count). The molecule has 8 heteroatoms. The van der Waals surface area contributed by atoms with E-state index < -0.39 is 11.7 Å². The van der Waals surface area contributed by atoms with Gasteiger partial charge in [0.1, 0.15) is 0 Å². The summed E-state index contributed by atoms with van der Waals surface area (Å²) in [6, 6.07) is 19.7. The number of rotatable bonds is 7. The average Bonchev–Trinajstić information content (AvgIpc) is 3.15. The summed E-state index contributed by atoms with van der Waals surface area (Å²) in [4.78, 5) is 21.3. The van der Waals surface area contributed by atoms with Gasteiger partial charge in [0.25, 0.3) is 5.91 Å². The fourth-order valence-corrected chi connectivity index (χ4v) is 6.06. The Morgan fingerprint density at radius 2 is 1.71 bits per heavy atom. The second-order valence-electron chi connectivity index (χ2n) is 11.2. The topological polar surface area (TPSA) is 48.5 Å². The molecule has 1 saturated heterocycles. The van der Waals surface area contributed by atoms with Crippen LogP contribution in [-0.4, -0.2) is 55.1 Å². The zero-order valence-electron chi connectivity index (χ0n) is 23.4. The molecule has 2 atom stereocenters. The van der Waals surface area contributed by atoms with Gasteiger partial charge in [-0.3, -0.25) is 14.7 Å². The predicted octanol–water partition coefficient (Wildman–Crippen LogP) is 6.55. The first-order valence-corrected chi connectivity index (χ1v) is 14.3. The van der Waals surface area contributed by atoms with Crippen LogP contribution in [0.4, 0.5) is 18.9 Å². The number of nitrogens with one attached hydrogen (secondary N) is 1. The van der Waals surface area contributed by atoms with E-state index in [1.807, 2.05) is 11.0 Å². The number of alkyl halides is 3. The van der Waals surface area contributed by atoms with Crippen molar-refractivity contribution in [3.05, 3.63) is 107 Å². The third-order valence-corrected chi connectivity index (χ3v) is 8.55. The van der Waals surface area contributed by atoms with Crippen molar-refractivity contribution >= 4 is 11.6 Å². The van der Waals surface area contributed by atoms with Crippen molar-refractivity contribution in [1.82, 2.24) is 15.2 Å². The molecule has 216 valence electrons. The Kier molecular flexibility index (Phi) is 9.08. The smallest absolute Gasteiger partial charge is 0.369 e. The molecule has 1 aromatic heterocycles. The number of anilines is 1. The lowest BCUT2D eigenvalue weighted by Gasteiger charge is -2.37. The first-order valence-electron chi connectivity index (χ1n) is 14.3. The molecular formula is C33H37F3N4O. The summed E-state index contributed by atoms with van der Waals surface area (Å²) in [6.45, 7) is 6.69. The molecule has 0 saturated carbocycles. The monoisotopic (exact) mass is 562 g/mol. The summed E-state index contributed by atoms with van der Waals surface area (Å²) in [7, 11) is 0. The van der Waals surface area contributed by atoms with Gasteiger partial charge in [-0.05, 0) is 73.9 Å². The van der Waals surface area contributed by atoms with Crippen LogP contribution in [0, 0.1) is 5.92 Å². The molecule has 2 heterocycles. The Morgan fingerprint density at radius 1 is 0.976 bits per heavy atom. The van der Waals surface area contributed by atoms with Crippen LogP contribution in [0.15, 0.2) is 90.3 Å². The van der Waals surface area contributed by atoms with Crippen molar-refractivity contribution in [3.63, 3.8) is 0 Å². The van der Waals surface area contributed by atoms with Gasteiger partial charge in [0.2, 0.25) is 0 Å². The molecule has 5 nitrogen and oxygen atoms in total. The lowest BCUT2D eigenvalue weighted by molar-refractivity contribution is -0.137. The highest BCUT2D eigenvalue weighted by molar-refractivity contribution is 5.93. The van der Waals surface area contributed by atoms with Gasteiger partial charge in [-0.2, -0.15) is 13.2 Å². The second-order valence-corrected chi connectivity index (χ2v) is 11.2. The zero-order valence-corrected chi connectivity index (χ0v) is 23.4. The first-order chi connectivity index (χ1) is 19.8. The maximum absolute atomic E-state index is 13.2. The van der Waals surface area contributed by atoms with Crippen LogP contribution in [-0.2, 0) is 6.18 Å². The Hall–Kier alpha value is -3.65. The minimum absolute atomic E-state index is 0.0768. The number of carbonyl (C=O) groups is 1. The first kappa shape index (κ1) is 28.9. The largest absolute Gasteiger partial charge is 0.416 e. The summed E-state index contributed by atoms with van der Waals surface area (Å²) >= 11 is 0. The van der Waals surface area contributed by atoms with E-state index in [9.17, 15) is 18.0 Å². The van der Waals surface area contributed by atoms with E-state index >= 15 is 0 Å². The van der Waals surface area contributed by atoms with Crippen molar-refractivity contribution in [2.45, 2.75) is 38.3 Å². The van der Waals surface area contributed by atoms with E-state index in [0.29, 0.717) is 36.8 Å². The number of aromatic nitrogens is 1. The number of hydrogen-bond acceptors (Lipinski definition) is 4. The minimum atomic E-state index is -4.34. The maximum Gasteiger partial charge on any atom is 0.416 e. The van der Waals surface area contributed by atoms with Crippen molar-refractivity contribution in [1.29, 1.82) is 0 Å². The predicted molar refractivity (Wildman–Crippen MR) is 156 cm³/mol. The number of hydrogen-bond donors (Lipinski definition) is 1. The van der Waals surface area contributed by atoms with Gasteiger partial charge in [0.05, 0.1) is 5.56 Å². The van der Waals surface area contributed by atoms with Crippen molar-refractivity contribution in [2.24, 2.45) is 5.92 Å². The number of carbonyl (C=O) groups excluding carboxylic acids is 1. The lowest BCUT2D eigenvalue weighted by Crippen LogP contribution is -2.47. The number of halogens is 3. The van der Waals surface area contributed by atoms with Crippen molar-refractivity contribution in [2.75, 3.05) is 44.2 Å². The van der Waals surface area contributed by atoms with Gasteiger partial charge in [-0.1, -0.05) is 47.5 Å². The van der Waals surface area contributed by atoms with Gasteiger partial charge in [-0.15, -0.1) is 0 Å². The fourth-order valence-electron chi connectivity index (χ4n) is 6.06. The average molecular weight is 563 g/mol. The Morgan fingerprint density at radius 3 is 2.41 bits per heavy atom. The van der Waals surface area contributed by atoms with Crippen LogP contribution in [0.3, 0.4) is 0 Å². The summed E-state index contributed by atoms with van der Waals surface area (Å²) < 4.78 is 39.7. The van der Waals surface area contributed by atoms with Gasteiger partial charge < -0.3 is 10.2 Å². The number of nitrogens with zero attached hydrogens (tertiary/aromatic N) is 3. The molecule has 1 fully saturated rings. The number of benzene rings is 2. The van der Waals surface area contributed by atoms with E-state index in [4.69, 9.17) is 0 Å². The molecule has 0 bridgehead atoms. The third kappa shape index (κ3) is 7.36. The Labute approximate surface area is 240 Å². The van der Waals surface area contributed by atoms with E-state index in [-0.39, 0.29) is 11.8 Å². The molecule has 41 heavy (non-hydrogen) atoms. The van der Waals surface area contributed by atoms with E-state index in [2.05, 4.69) is 46.4 Å². The second kappa shape index (κ2) is 12.9. The molecule has 1 N–H and O–H groups in total. The highest BCUT2D eigenvalue weighted by Crippen LogP contribution is 2.39. The van der Waals surface area contributed by atoms with Crippen LogP contribution in [0.1, 0.15) is 53.6 Å². The molecular weight excluding hydrogens is 525 g/mol. The normalized spacial score (nSPS) is 20.5. The number of pyridine rings is 1. The zero-order chi connectivity index (χ0) is 28.8. The highest BCUT2D eigenvalue weighted by atomic mass is 19.4. The van der Waals surface area contributed by atoms with Crippen molar-refractivity contribution in [3.8, 4) is 0 Å². The van der Waals surface area contributed by atoms with Crippen molar-refractivity contribution < 1.29 is 18.0 Å². The molecule has 1 aliphatic carbocycles. The third-order valence-electron chi connectivity index (χ3n) is 8.55. The van der Waals surface area contributed by atoms with Crippen LogP contribution < -0.4 is 10.2 Å². The molecule has 1 aliphatic heterocycles. The quantitative estimate of drug-likeness (QED) is 0.332. The number of piperazine rings is 1. The lowest BCUT2D eigenvalue weighted by atomic mass is 9.81. The Balaban J connectivity index is 1.24. The molecule has 2 aromatic carbocycles. The molecule has 1 amide bonds. The van der Waals surface area contributed by atoms with E-state index in [0.717, 1.165) is 45.0 Å². The molecule has 2 aliphatic rings. The molecule has 0 radical (unpaired) electrons. The summed E-state index contributed by atoms with van der Waals surface area (Å²) in [5.74, 6) is 0.508. The fraction of sp³-hybridized carbons (Fsp3) is 0.394. The van der Waals surface area contributed by atoms with E-state index in [1.54, 1.807) is 30.6 Å². The molecule has 0 spiro atoms. The van der Waals surface area contributed by atoms with Gasteiger partial charge in [0.15, 0.2) is 0 Å². The van der Waals surface area contributed by atoms with Crippen LogP contribution in [0.2, 0.25) is 0 Å². The van der Waals surface area contributed by atoms with E-state index in [1.165, 1.54) is 28.8 Å². The number of amides is 1. The maximum atomic E-state index is 13.2. The summed E-state index contributed by atoms with van der Waals surface area (Å²) in [5, 5.41) is 3.17. The summed E-state index contributed by atoms with van der Waals surface area (Å²) in [5.41, 5.74) is 4.78. The SMILES string of the molecule is CC1=C(CN2CCN(c3cccc(C(F)(F)F)c3)CC2)CC(c2ccccc2)C(CNC(=O)c2ccncc2)CC1. The minimum Gasteiger partial charge on any atom is -0.369 e. The highest BCUT2D eigenvalue weighted by Gasteiger charge is 2.32. The standard InChI is InChI=1S/C33H37F3N4O/c1-24-10-11-27(22-38-32(41)26-12-14-37-15-13-26)31(25-6-3-2-4-7-25)20-28(24)23-39-16-18-40(19-17-39)30-9-5-8-29(21-30)33(34,35)36/h2-9,12-15,21,27,31H,10-11,16-20,22-23H2,1H3,(H,38,41). The van der Waals surface area contributed by atoms with Gasteiger partial charge in [-0.25, -0.2) is 0 Å². The molecule has 3 aromatic rings. The summed E-state index contributed by atoms with van der Waals surface area (Å²) in [6.07, 6.45) is 1.84.